The van der Waals surface area contributed by atoms with Crippen molar-refractivity contribution in [3.63, 3.8) is 0 Å². The second-order valence-corrected chi connectivity index (χ2v) is 14.0. The first kappa shape index (κ1) is 35.9. The van der Waals surface area contributed by atoms with E-state index in [0.717, 1.165) is 43.8 Å². The molecule has 3 fully saturated rings. The molecular formula is C33H48F6O4. The van der Waals surface area contributed by atoms with Crippen molar-refractivity contribution in [1.82, 2.24) is 0 Å². The highest BCUT2D eigenvalue weighted by Crippen LogP contribution is 2.60. The van der Waals surface area contributed by atoms with E-state index in [1.165, 1.54) is 5.57 Å². The Kier molecular flexibility index (Phi) is 10.8. The molecule has 0 aliphatic heterocycles. The van der Waals surface area contributed by atoms with E-state index in [0.29, 0.717) is 38.2 Å². The zero-order valence-electron chi connectivity index (χ0n) is 25.7. The maximum absolute atomic E-state index is 13.5. The number of halogens is 6. The van der Waals surface area contributed by atoms with E-state index in [1.54, 1.807) is 13.8 Å². The molecule has 10 heteroatoms. The molecule has 3 saturated carbocycles. The van der Waals surface area contributed by atoms with Gasteiger partial charge in [0, 0.05) is 6.42 Å². The molecule has 4 N–H and O–H groups in total. The molecule has 0 bridgehead atoms. The van der Waals surface area contributed by atoms with Crippen LogP contribution < -0.4 is 0 Å². The minimum Gasteiger partial charge on any atom is -0.393 e. The van der Waals surface area contributed by atoms with Crippen molar-refractivity contribution in [2.24, 2.45) is 23.2 Å². The van der Waals surface area contributed by atoms with Crippen LogP contribution in [0.15, 0.2) is 47.1 Å². The number of aliphatic hydroxyl groups excluding tert-OH is 2. The second kappa shape index (κ2) is 13.0. The Labute approximate surface area is 251 Å². The van der Waals surface area contributed by atoms with Gasteiger partial charge in [0.15, 0.2) is 0 Å². The molecule has 0 heterocycles. The highest BCUT2D eigenvalue weighted by molar-refractivity contribution is 5.38. The van der Waals surface area contributed by atoms with Gasteiger partial charge in [-0.1, -0.05) is 43.7 Å². The van der Waals surface area contributed by atoms with Gasteiger partial charge < -0.3 is 20.4 Å². The van der Waals surface area contributed by atoms with E-state index in [9.17, 15) is 46.8 Å². The Morgan fingerprint density at radius 3 is 2.26 bits per heavy atom. The maximum Gasteiger partial charge on any atom is 0.430 e. The Hall–Kier alpha value is -1.62. The van der Waals surface area contributed by atoms with Crippen LogP contribution in [-0.4, -0.2) is 56.2 Å². The molecule has 0 saturated heterocycles. The summed E-state index contributed by atoms with van der Waals surface area (Å²) in [6, 6.07) is 0. The van der Waals surface area contributed by atoms with Crippen LogP contribution in [0.2, 0.25) is 0 Å². The van der Waals surface area contributed by atoms with Gasteiger partial charge in [-0.2, -0.15) is 26.3 Å². The molecule has 0 radical (unpaired) electrons. The van der Waals surface area contributed by atoms with E-state index >= 15 is 0 Å². The minimum atomic E-state index is -5.92. The summed E-state index contributed by atoms with van der Waals surface area (Å²) in [5.74, 6) is -0.0315. The minimum absolute atomic E-state index is 0.0258. The van der Waals surface area contributed by atoms with Crippen molar-refractivity contribution in [2.45, 2.75) is 134 Å². The Morgan fingerprint density at radius 2 is 1.67 bits per heavy atom. The van der Waals surface area contributed by atoms with Crippen LogP contribution in [0.3, 0.4) is 0 Å². The lowest BCUT2D eigenvalue weighted by Gasteiger charge is -2.45. The van der Waals surface area contributed by atoms with Crippen molar-refractivity contribution in [3.8, 4) is 0 Å². The summed E-state index contributed by atoms with van der Waals surface area (Å²) in [5, 5.41) is 40.5. The van der Waals surface area contributed by atoms with Crippen molar-refractivity contribution in [2.75, 3.05) is 0 Å². The molecule has 6 atom stereocenters. The number of alkyl halides is 6. The van der Waals surface area contributed by atoms with E-state index < -0.39 is 41.3 Å². The summed E-state index contributed by atoms with van der Waals surface area (Å²) < 4.78 is 81.2. The van der Waals surface area contributed by atoms with Crippen molar-refractivity contribution in [1.29, 1.82) is 0 Å². The van der Waals surface area contributed by atoms with Gasteiger partial charge in [0.25, 0.3) is 5.60 Å². The average Bonchev–Trinajstić information content (AvgIpc) is 3.21. The monoisotopic (exact) mass is 622 g/mol. The van der Waals surface area contributed by atoms with Gasteiger partial charge in [0.05, 0.1) is 17.8 Å². The van der Waals surface area contributed by atoms with E-state index in [4.69, 9.17) is 0 Å². The Bertz CT molecular complexity index is 1080. The third kappa shape index (κ3) is 7.79. The van der Waals surface area contributed by atoms with Crippen LogP contribution in [0.25, 0.3) is 0 Å². The second-order valence-electron chi connectivity index (χ2n) is 14.0. The molecule has 4 nitrogen and oxygen atoms in total. The predicted octanol–water partition coefficient (Wildman–Crippen LogP) is 7.88. The van der Waals surface area contributed by atoms with Gasteiger partial charge in [0.1, 0.15) is 0 Å². The van der Waals surface area contributed by atoms with E-state index in [1.807, 2.05) is 6.08 Å². The van der Waals surface area contributed by atoms with E-state index in [-0.39, 0.29) is 36.0 Å². The third-order valence-corrected chi connectivity index (χ3v) is 10.4. The first-order valence-corrected chi connectivity index (χ1v) is 15.3. The van der Waals surface area contributed by atoms with Gasteiger partial charge in [0.2, 0.25) is 0 Å². The lowest BCUT2D eigenvalue weighted by Crippen LogP contribution is -2.57. The van der Waals surface area contributed by atoms with Crippen molar-refractivity contribution in [3.05, 3.63) is 47.1 Å². The summed E-state index contributed by atoms with van der Waals surface area (Å²) in [7, 11) is 0. The highest BCUT2D eigenvalue weighted by Gasteiger charge is 2.71. The number of aliphatic hydroxyl groups is 4. The zero-order valence-corrected chi connectivity index (χ0v) is 25.7. The summed E-state index contributed by atoms with van der Waals surface area (Å²) in [5.41, 5.74) is -4.66. The molecule has 0 spiro atoms. The molecule has 43 heavy (non-hydrogen) atoms. The Balaban J connectivity index is 1.91. The smallest absolute Gasteiger partial charge is 0.393 e. The number of allylic oxidation sites excluding steroid dienone is 4. The van der Waals surface area contributed by atoms with Gasteiger partial charge >= 0.3 is 12.4 Å². The lowest BCUT2D eigenvalue weighted by molar-refractivity contribution is -0.352. The molecule has 0 aromatic rings. The number of rotatable bonds is 9. The zero-order chi connectivity index (χ0) is 32.6. The van der Waals surface area contributed by atoms with Crippen LogP contribution in [0.1, 0.15) is 98.3 Å². The summed E-state index contributed by atoms with van der Waals surface area (Å²) in [4.78, 5) is 0. The standard InChI is InChI=1S/C33H48F6O4/c1-20(31(43,32(34,35)36)33(37,38)39)10-11-22(8-6-16-29(3,4)42)26-14-15-27-23(9-7-17-30(26,27)5)12-13-24-18-25(40)19-28(41)21(24)2/h10,12-13,22,25-28,40-43H,2,6-9,11,14-19H2,1,3-5H3/b20-10+,23-12+,24-13-/t22-,25+,26?,27?,28-,30+/m0/s1. The molecule has 246 valence electrons. The van der Waals surface area contributed by atoms with Gasteiger partial charge in [-0.05, 0) is 118 Å². The fourth-order valence-electron chi connectivity index (χ4n) is 7.88. The largest absolute Gasteiger partial charge is 0.430 e. The first-order valence-electron chi connectivity index (χ1n) is 15.3. The molecule has 0 amide bonds. The van der Waals surface area contributed by atoms with Crippen molar-refractivity contribution >= 4 is 0 Å². The van der Waals surface area contributed by atoms with Crippen LogP contribution in [0, 0.1) is 23.2 Å². The molecule has 3 aliphatic rings. The quantitative estimate of drug-likeness (QED) is 0.156. The first-order chi connectivity index (χ1) is 19.6. The third-order valence-electron chi connectivity index (χ3n) is 10.4. The van der Waals surface area contributed by atoms with Gasteiger partial charge in [-0.15, -0.1) is 0 Å². The SMILES string of the molecule is C=C1/C(=C\C=C2/CCC[C@@]3(C)C2CCC3[C@H](C/C=C(\C)C(O)(C(F)(F)F)C(F)(F)F)CCCC(C)(C)O)C[C@@H](O)C[C@@H]1O. The van der Waals surface area contributed by atoms with E-state index in [2.05, 4.69) is 19.6 Å². The van der Waals surface area contributed by atoms with Crippen LogP contribution in [-0.2, 0) is 0 Å². The summed E-state index contributed by atoms with van der Waals surface area (Å²) in [6.07, 6.45) is -2.03. The van der Waals surface area contributed by atoms with Crippen molar-refractivity contribution < 1.29 is 46.8 Å². The number of hydrogen-bond acceptors (Lipinski definition) is 4. The highest BCUT2D eigenvalue weighted by atomic mass is 19.4. The fraction of sp³-hybridized carbons (Fsp3) is 0.758. The topological polar surface area (TPSA) is 80.9 Å². The molecule has 3 aliphatic carbocycles. The fourth-order valence-corrected chi connectivity index (χ4v) is 7.88. The number of hydrogen-bond donors (Lipinski definition) is 4. The molecule has 0 aromatic heterocycles. The van der Waals surface area contributed by atoms with Crippen LogP contribution >= 0.6 is 0 Å². The Morgan fingerprint density at radius 1 is 1.05 bits per heavy atom. The number of fused-ring (bicyclic) bond motifs is 1. The summed E-state index contributed by atoms with van der Waals surface area (Å²) >= 11 is 0. The van der Waals surface area contributed by atoms with Crippen LogP contribution in [0.5, 0.6) is 0 Å². The van der Waals surface area contributed by atoms with Gasteiger partial charge in [-0.3, -0.25) is 0 Å². The average molecular weight is 623 g/mol. The molecular weight excluding hydrogens is 574 g/mol. The van der Waals surface area contributed by atoms with Gasteiger partial charge in [-0.25, -0.2) is 0 Å². The molecule has 0 aromatic carbocycles. The predicted molar refractivity (Wildman–Crippen MR) is 154 cm³/mol. The lowest BCUT2D eigenvalue weighted by atomic mass is 9.60. The summed E-state index contributed by atoms with van der Waals surface area (Å²) in [6.45, 7) is 10.2. The molecule has 2 unspecified atom stereocenters. The maximum atomic E-state index is 13.5. The normalized spacial score (nSPS) is 32.4. The van der Waals surface area contributed by atoms with Crippen LogP contribution in [0.4, 0.5) is 26.3 Å². The molecule has 3 rings (SSSR count).